The lowest BCUT2D eigenvalue weighted by Crippen LogP contribution is -2.43. The van der Waals surface area contributed by atoms with E-state index >= 15 is 0 Å². The molecule has 0 spiro atoms. The molecule has 128 valence electrons. The standard InChI is InChI=1S/C16H19N3O5/c17-11(15(21)22)5-6-14(20)19-13(16(23)24)7-9-8-18-12-4-2-1-3-10(9)12/h1-4,8,11,13,18H,5-7,17H2,(H,19,20)(H,21,22)(H,23,24)/t11-,13?/m1/s1. The first kappa shape index (κ1) is 17.5. The number of nitrogens with two attached hydrogens (primary N) is 1. The van der Waals surface area contributed by atoms with E-state index in [4.69, 9.17) is 10.8 Å². The smallest absolute Gasteiger partial charge is 0.326 e. The summed E-state index contributed by atoms with van der Waals surface area (Å²) in [5.41, 5.74) is 6.99. The zero-order valence-corrected chi connectivity index (χ0v) is 12.9. The second kappa shape index (κ2) is 7.60. The molecule has 0 aliphatic heterocycles. The maximum Gasteiger partial charge on any atom is 0.326 e. The summed E-state index contributed by atoms with van der Waals surface area (Å²) in [6, 6.07) is 5.21. The summed E-state index contributed by atoms with van der Waals surface area (Å²) < 4.78 is 0. The predicted octanol–water partition coefficient (Wildman–Crippen LogP) is 0.472. The Hall–Kier alpha value is -2.87. The number of para-hydroxylation sites is 1. The number of aliphatic carboxylic acids is 2. The van der Waals surface area contributed by atoms with Gasteiger partial charge in [0.1, 0.15) is 12.1 Å². The van der Waals surface area contributed by atoms with Gasteiger partial charge in [-0.25, -0.2) is 4.79 Å². The van der Waals surface area contributed by atoms with Crippen molar-refractivity contribution in [3.05, 3.63) is 36.0 Å². The third kappa shape index (κ3) is 4.32. The molecule has 0 fully saturated rings. The molecule has 1 aromatic carbocycles. The quantitative estimate of drug-likeness (QED) is 0.475. The average Bonchev–Trinajstić information content (AvgIpc) is 2.95. The van der Waals surface area contributed by atoms with Crippen LogP contribution in [0.4, 0.5) is 0 Å². The highest BCUT2D eigenvalue weighted by atomic mass is 16.4. The zero-order valence-electron chi connectivity index (χ0n) is 12.9. The van der Waals surface area contributed by atoms with Crippen LogP contribution in [0.15, 0.2) is 30.5 Å². The lowest BCUT2D eigenvalue weighted by atomic mass is 10.0. The van der Waals surface area contributed by atoms with Crippen LogP contribution >= 0.6 is 0 Å². The van der Waals surface area contributed by atoms with Crippen molar-refractivity contribution in [1.29, 1.82) is 0 Å². The van der Waals surface area contributed by atoms with Crippen LogP contribution in [-0.4, -0.2) is 45.1 Å². The topological polar surface area (TPSA) is 146 Å². The van der Waals surface area contributed by atoms with Gasteiger partial charge < -0.3 is 26.2 Å². The number of rotatable bonds is 8. The van der Waals surface area contributed by atoms with Crippen molar-refractivity contribution in [2.24, 2.45) is 5.73 Å². The number of carboxylic acid groups (broad SMARTS) is 2. The van der Waals surface area contributed by atoms with E-state index in [1.165, 1.54) is 0 Å². The largest absolute Gasteiger partial charge is 0.480 e. The minimum Gasteiger partial charge on any atom is -0.480 e. The molecule has 0 saturated carbocycles. The molecule has 0 aliphatic carbocycles. The second-order valence-corrected chi connectivity index (χ2v) is 5.51. The first-order valence-electron chi connectivity index (χ1n) is 7.44. The first-order valence-corrected chi connectivity index (χ1v) is 7.44. The van der Waals surface area contributed by atoms with Crippen molar-refractivity contribution in [1.82, 2.24) is 10.3 Å². The molecule has 0 saturated heterocycles. The fourth-order valence-corrected chi connectivity index (χ4v) is 2.40. The Morgan fingerprint density at radius 3 is 2.54 bits per heavy atom. The summed E-state index contributed by atoms with van der Waals surface area (Å²) in [4.78, 5) is 36.9. The Labute approximate surface area is 137 Å². The van der Waals surface area contributed by atoms with E-state index in [-0.39, 0.29) is 19.3 Å². The van der Waals surface area contributed by atoms with Gasteiger partial charge in [-0.3, -0.25) is 9.59 Å². The van der Waals surface area contributed by atoms with E-state index in [9.17, 15) is 19.5 Å². The number of fused-ring (bicyclic) bond motifs is 1. The Morgan fingerprint density at radius 1 is 1.17 bits per heavy atom. The van der Waals surface area contributed by atoms with Crippen LogP contribution in [0, 0.1) is 0 Å². The molecule has 0 bridgehead atoms. The molecule has 6 N–H and O–H groups in total. The van der Waals surface area contributed by atoms with E-state index in [0.29, 0.717) is 0 Å². The van der Waals surface area contributed by atoms with Crippen molar-refractivity contribution >= 4 is 28.7 Å². The molecule has 0 aliphatic rings. The van der Waals surface area contributed by atoms with E-state index in [2.05, 4.69) is 10.3 Å². The Kier molecular flexibility index (Phi) is 5.54. The molecule has 24 heavy (non-hydrogen) atoms. The lowest BCUT2D eigenvalue weighted by Gasteiger charge is -2.15. The van der Waals surface area contributed by atoms with Crippen molar-refractivity contribution in [3.8, 4) is 0 Å². The Morgan fingerprint density at radius 2 is 1.88 bits per heavy atom. The van der Waals surface area contributed by atoms with Crippen molar-refractivity contribution in [2.75, 3.05) is 0 Å². The number of carbonyl (C=O) groups is 3. The predicted molar refractivity (Wildman–Crippen MR) is 86.4 cm³/mol. The minimum absolute atomic E-state index is 0.0550. The zero-order chi connectivity index (χ0) is 17.7. The minimum atomic E-state index is -1.20. The fraction of sp³-hybridized carbons (Fsp3) is 0.312. The number of amides is 1. The van der Waals surface area contributed by atoms with E-state index in [1.807, 2.05) is 24.3 Å². The van der Waals surface area contributed by atoms with Gasteiger partial charge in [-0.2, -0.15) is 0 Å². The first-order chi connectivity index (χ1) is 11.4. The SMILES string of the molecule is N[C@H](CCC(=O)NC(Cc1c[nH]c2ccccc12)C(=O)O)C(=O)O. The molecular weight excluding hydrogens is 314 g/mol. The van der Waals surface area contributed by atoms with Gasteiger partial charge in [0.25, 0.3) is 0 Å². The maximum atomic E-state index is 11.8. The molecule has 0 radical (unpaired) electrons. The van der Waals surface area contributed by atoms with Crippen LogP contribution in [0.2, 0.25) is 0 Å². The van der Waals surface area contributed by atoms with Crippen LogP contribution in [0.1, 0.15) is 18.4 Å². The highest BCUT2D eigenvalue weighted by molar-refractivity contribution is 5.87. The summed E-state index contributed by atoms with van der Waals surface area (Å²) in [5.74, 6) is -2.90. The van der Waals surface area contributed by atoms with Gasteiger partial charge in [0, 0.05) is 29.9 Å². The maximum absolute atomic E-state index is 11.8. The molecule has 1 aromatic heterocycles. The molecule has 1 unspecified atom stereocenters. The summed E-state index contributed by atoms with van der Waals surface area (Å²) >= 11 is 0. The van der Waals surface area contributed by atoms with Gasteiger partial charge in [-0.1, -0.05) is 18.2 Å². The normalized spacial score (nSPS) is 13.4. The van der Waals surface area contributed by atoms with Gasteiger partial charge >= 0.3 is 11.9 Å². The van der Waals surface area contributed by atoms with E-state index < -0.39 is 29.9 Å². The van der Waals surface area contributed by atoms with Gasteiger partial charge in [0.15, 0.2) is 0 Å². The fourth-order valence-electron chi connectivity index (χ4n) is 2.40. The lowest BCUT2D eigenvalue weighted by molar-refractivity contribution is -0.142. The third-order valence-electron chi connectivity index (χ3n) is 3.73. The van der Waals surface area contributed by atoms with Gasteiger partial charge in [-0.05, 0) is 18.1 Å². The van der Waals surface area contributed by atoms with Gasteiger partial charge in [-0.15, -0.1) is 0 Å². The van der Waals surface area contributed by atoms with Crippen molar-refractivity contribution in [2.45, 2.75) is 31.3 Å². The number of aromatic nitrogens is 1. The number of carboxylic acids is 2. The van der Waals surface area contributed by atoms with E-state index in [0.717, 1.165) is 16.5 Å². The highest BCUT2D eigenvalue weighted by Crippen LogP contribution is 2.19. The summed E-state index contributed by atoms with van der Waals surface area (Å²) in [6.07, 6.45) is 1.63. The van der Waals surface area contributed by atoms with Crippen LogP contribution < -0.4 is 11.1 Å². The number of H-pyrrole nitrogens is 1. The number of aromatic amines is 1. The molecule has 1 amide bonds. The van der Waals surface area contributed by atoms with E-state index in [1.54, 1.807) is 6.20 Å². The van der Waals surface area contributed by atoms with Crippen molar-refractivity contribution < 1.29 is 24.6 Å². The van der Waals surface area contributed by atoms with Crippen LogP contribution in [0.3, 0.4) is 0 Å². The van der Waals surface area contributed by atoms with Gasteiger partial charge in [0.05, 0.1) is 0 Å². The number of hydrogen-bond donors (Lipinski definition) is 5. The summed E-state index contributed by atoms with van der Waals surface area (Å²) in [7, 11) is 0. The number of hydrogen-bond acceptors (Lipinski definition) is 4. The second-order valence-electron chi connectivity index (χ2n) is 5.51. The molecule has 2 aromatic rings. The molecular formula is C16H19N3O5. The van der Waals surface area contributed by atoms with Crippen LogP contribution in [0.25, 0.3) is 10.9 Å². The monoisotopic (exact) mass is 333 g/mol. The summed E-state index contributed by atoms with van der Waals surface area (Å²) in [5, 5.41) is 21.3. The molecule has 8 heteroatoms. The Bertz CT molecular complexity index is 755. The molecule has 1 heterocycles. The van der Waals surface area contributed by atoms with Crippen LogP contribution in [-0.2, 0) is 20.8 Å². The highest BCUT2D eigenvalue weighted by Gasteiger charge is 2.22. The third-order valence-corrected chi connectivity index (χ3v) is 3.73. The number of benzene rings is 1. The van der Waals surface area contributed by atoms with Crippen LogP contribution in [0.5, 0.6) is 0 Å². The average molecular weight is 333 g/mol. The Balaban J connectivity index is 2.01. The van der Waals surface area contributed by atoms with Crippen molar-refractivity contribution in [3.63, 3.8) is 0 Å². The molecule has 8 nitrogen and oxygen atoms in total. The number of nitrogens with one attached hydrogen (secondary N) is 2. The summed E-state index contributed by atoms with van der Waals surface area (Å²) in [6.45, 7) is 0. The molecule has 2 atom stereocenters. The number of carbonyl (C=O) groups excluding carboxylic acids is 1. The van der Waals surface area contributed by atoms with Gasteiger partial charge in [0.2, 0.25) is 5.91 Å². The molecule has 2 rings (SSSR count).